The fourth-order valence-electron chi connectivity index (χ4n) is 2.69. The van der Waals surface area contributed by atoms with Gasteiger partial charge in [-0.3, -0.25) is 4.99 Å². The Labute approximate surface area is 102 Å². The van der Waals surface area contributed by atoms with E-state index in [0.29, 0.717) is 12.1 Å². The zero-order valence-electron chi connectivity index (χ0n) is 10.6. The van der Waals surface area contributed by atoms with Crippen molar-refractivity contribution in [2.45, 2.75) is 32.7 Å². The van der Waals surface area contributed by atoms with Crippen molar-refractivity contribution in [3.63, 3.8) is 0 Å². The third-order valence-electron chi connectivity index (χ3n) is 3.37. The molecule has 0 radical (unpaired) electrons. The highest BCUT2D eigenvalue weighted by Gasteiger charge is 2.33. The van der Waals surface area contributed by atoms with Crippen LogP contribution in [0.25, 0.3) is 0 Å². The van der Waals surface area contributed by atoms with Crippen LogP contribution in [0.1, 0.15) is 28.7 Å². The minimum absolute atomic E-state index is 0.608. The molecule has 1 aliphatic rings. The van der Waals surface area contributed by atoms with E-state index in [0.717, 1.165) is 5.56 Å². The maximum Gasteiger partial charge on any atom is 0.0882 e. The standard InChI is InChI=1S/C14H19N3/c1-9-6-10(2)13(11(3)7-9)14(16)4-5-17-8-12(14)15/h5-8H,4,15-16H2,1-3H3. The second-order valence-electron chi connectivity index (χ2n) is 4.87. The third kappa shape index (κ3) is 1.87. The molecule has 1 aromatic rings. The Morgan fingerprint density at radius 1 is 1.18 bits per heavy atom. The molecule has 17 heavy (non-hydrogen) atoms. The van der Waals surface area contributed by atoms with Gasteiger partial charge in [-0.05, 0) is 37.5 Å². The number of nitrogens with two attached hydrogens (primary N) is 2. The number of aryl methyl sites for hydroxylation is 3. The summed E-state index contributed by atoms with van der Waals surface area (Å²) in [6.07, 6.45) is 4.14. The largest absolute Gasteiger partial charge is 0.399 e. The van der Waals surface area contributed by atoms with Gasteiger partial charge in [-0.2, -0.15) is 0 Å². The quantitative estimate of drug-likeness (QED) is 0.774. The lowest BCUT2D eigenvalue weighted by atomic mass is 9.79. The molecule has 0 aliphatic carbocycles. The van der Waals surface area contributed by atoms with Gasteiger partial charge in [0.1, 0.15) is 0 Å². The first-order chi connectivity index (χ1) is 7.95. The van der Waals surface area contributed by atoms with Crippen molar-refractivity contribution < 1.29 is 0 Å². The van der Waals surface area contributed by atoms with Crippen LogP contribution in [-0.2, 0) is 5.54 Å². The highest BCUT2D eigenvalue weighted by Crippen LogP contribution is 2.34. The molecule has 1 atom stereocenters. The molecule has 3 nitrogen and oxygen atoms in total. The smallest absolute Gasteiger partial charge is 0.0882 e. The number of hydrogen-bond acceptors (Lipinski definition) is 3. The van der Waals surface area contributed by atoms with Gasteiger partial charge in [0.05, 0.1) is 11.2 Å². The molecule has 0 fully saturated rings. The summed E-state index contributed by atoms with van der Waals surface area (Å²) in [5.74, 6) is 0. The Balaban J connectivity index is 2.62. The van der Waals surface area contributed by atoms with Crippen molar-refractivity contribution in [1.29, 1.82) is 0 Å². The Morgan fingerprint density at radius 3 is 2.29 bits per heavy atom. The van der Waals surface area contributed by atoms with Crippen molar-refractivity contribution in [3.05, 3.63) is 46.3 Å². The Morgan fingerprint density at radius 2 is 1.76 bits per heavy atom. The van der Waals surface area contributed by atoms with Gasteiger partial charge >= 0.3 is 0 Å². The SMILES string of the molecule is Cc1cc(C)c(C2(N)CC=NC=C2N)c(C)c1. The van der Waals surface area contributed by atoms with Crippen LogP contribution in [0.5, 0.6) is 0 Å². The highest BCUT2D eigenvalue weighted by molar-refractivity contribution is 5.66. The van der Waals surface area contributed by atoms with Gasteiger partial charge < -0.3 is 11.5 Å². The highest BCUT2D eigenvalue weighted by atomic mass is 14.9. The Bertz CT molecular complexity index is 491. The zero-order valence-corrected chi connectivity index (χ0v) is 10.6. The van der Waals surface area contributed by atoms with Crippen LogP contribution in [0.3, 0.4) is 0 Å². The van der Waals surface area contributed by atoms with E-state index in [2.05, 4.69) is 37.9 Å². The first-order valence-electron chi connectivity index (χ1n) is 5.80. The summed E-state index contributed by atoms with van der Waals surface area (Å²) in [5.41, 5.74) is 17.3. The normalized spacial score (nSPS) is 23.6. The summed E-state index contributed by atoms with van der Waals surface area (Å²) >= 11 is 0. The van der Waals surface area contributed by atoms with E-state index in [9.17, 15) is 0 Å². The molecule has 1 aromatic carbocycles. The first-order valence-corrected chi connectivity index (χ1v) is 5.80. The molecule has 1 heterocycles. The summed E-state index contributed by atoms with van der Waals surface area (Å²) < 4.78 is 0. The summed E-state index contributed by atoms with van der Waals surface area (Å²) in [4.78, 5) is 4.06. The number of rotatable bonds is 1. The predicted molar refractivity (Wildman–Crippen MR) is 71.9 cm³/mol. The summed E-state index contributed by atoms with van der Waals surface area (Å²) in [5, 5.41) is 0. The van der Waals surface area contributed by atoms with Crippen molar-refractivity contribution >= 4 is 6.21 Å². The average molecular weight is 229 g/mol. The lowest BCUT2D eigenvalue weighted by Gasteiger charge is -2.33. The molecule has 1 unspecified atom stereocenters. The van der Waals surface area contributed by atoms with Crippen LogP contribution >= 0.6 is 0 Å². The van der Waals surface area contributed by atoms with Gasteiger partial charge in [-0.25, -0.2) is 0 Å². The third-order valence-corrected chi connectivity index (χ3v) is 3.37. The van der Waals surface area contributed by atoms with Crippen LogP contribution < -0.4 is 11.5 Å². The molecule has 4 N–H and O–H groups in total. The van der Waals surface area contributed by atoms with Crippen LogP contribution in [0, 0.1) is 20.8 Å². The topological polar surface area (TPSA) is 64.4 Å². The monoisotopic (exact) mass is 229 g/mol. The molecule has 2 rings (SSSR count). The van der Waals surface area contributed by atoms with Gasteiger partial charge in [0.25, 0.3) is 0 Å². The van der Waals surface area contributed by atoms with Gasteiger partial charge in [0.15, 0.2) is 0 Å². The minimum Gasteiger partial charge on any atom is -0.399 e. The van der Waals surface area contributed by atoms with E-state index < -0.39 is 5.54 Å². The van der Waals surface area contributed by atoms with E-state index >= 15 is 0 Å². The molecule has 0 saturated heterocycles. The molecule has 0 saturated carbocycles. The molecular weight excluding hydrogens is 210 g/mol. The molecule has 0 amide bonds. The fraction of sp³-hybridized carbons (Fsp3) is 0.357. The van der Waals surface area contributed by atoms with E-state index in [1.807, 2.05) is 6.21 Å². The second kappa shape index (κ2) is 4.00. The van der Waals surface area contributed by atoms with Crippen molar-refractivity contribution in [2.75, 3.05) is 0 Å². The molecule has 0 spiro atoms. The maximum atomic E-state index is 6.49. The number of hydrogen-bond donors (Lipinski definition) is 2. The summed E-state index contributed by atoms with van der Waals surface area (Å²) in [6, 6.07) is 4.30. The average Bonchev–Trinajstić information content (AvgIpc) is 2.21. The molecule has 0 bridgehead atoms. The van der Waals surface area contributed by atoms with E-state index in [-0.39, 0.29) is 0 Å². The van der Waals surface area contributed by atoms with Gasteiger partial charge in [-0.1, -0.05) is 17.7 Å². The van der Waals surface area contributed by atoms with Crippen molar-refractivity contribution in [1.82, 2.24) is 0 Å². The van der Waals surface area contributed by atoms with Crippen molar-refractivity contribution in [2.24, 2.45) is 16.5 Å². The molecule has 0 aromatic heterocycles. The number of nitrogens with zero attached hydrogens (tertiary/aromatic N) is 1. The lowest BCUT2D eigenvalue weighted by molar-refractivity contribution is 0.531. The maximum absolute atomic E-state index is 6.49. The molecular formula is C14H19N3. The molecule has 1 aliphatic heterocycles. The van der Waals surface area contributed by atoms with Gasteiger partial charge in [0.2, 0.25) is 0 Å². The molecule has 3 heteroatoms. The lowest BCUT2D eigenvalue weighted by Crippen LogP contribution is -2.44. The van der Waals surface area contributed by atoms with Gasteiger partial charge in [0, 0.05) is 18.8 Å². The Kier molecular flexibility index (Phi) is 2.79. The minimum atomic E-state index is -0.608. The fourth-order valence-corrected chi connectivity index (χ4v) is 2.69. The van der Waals surface area contributed by atoms with Crippen LogP contribution in [-0.4, -0.2) is 6.21 Å². The predicted octanol–water partition coefficient (Wildman–Crippen LogP) is 2.04. The van der Waals surface area contributed by atoms with E-state index in [1.54, 1.807) is 6.20 Å². The summed E-state index contributed by atoms with van der Waals surface area (Å²) in [7, 11) is 0. The second-order valence-corrected chi connectivity index (χ2v) is 4.87. The summed E-state index contributed by atoms with van der Waals surface area (Å²) in [6.45, 7) is 6.26. The van der Waals surface area contributed by atoms with Crippen LogP contribution in [0.4, 0.5) is 0 Å². The van der Waals surface area contributed by atoms with Crippen LogP contribution in [0.15, 0.2) is 29.0 Å². The van der Waals surface area contributed by atoms with E-state index in [1.165, 1.54) is 16.7 Å². The Hall–Kier alpha value is -1.61. The number of benzene rings is 1. The van der Waals surface area contributed by atoms with Crippen molar-refractivity contribution in [3.8, 4) is 0 Å². The molecule has 90 valence electrons. The van der Waals surface area contributed by atoms with Gasteiger partial charge in [-0.15, -0.1) is 0 Å². The van der Waals surface area contributed by atoms with E-state index in [4.69, 9.17) is 11.5 Å². The van der Waals surface area contributed by atoms with Crippen LogP contribution in [0.2, 0.25) is 0 Å². The zero-order chi connectivity index (χ0) is 12.6. The number of aliphatic imine (C=N–C) groups is 1. The first kappa shape index (κ1) is 11.9.